The minimum Gasteiger partial charge on any atom is -0.348 e. The maximum atomic E-state index is 11.9. The molecule has 0 aliphatic heterocycles. The molecule has 0 aliphatic carbocycles. The Kier molecular flexibility index (Phi) is 7.51. The summed E-state index contributed by atoms with van der Waals surface area (Å²) < 4.78 is 17.0. The van der Waals surface area contributed by atoms with Crippen LogP contribution in [0.3, 0.4) is 0 Å². The van der Waals surface area contributed by atoms with Crippen molar-refractivity contribution < 1.29 is 14.2 Å². The molecule has 0 amide bonds. The molecular formula is C13H20ClNO3P+. The topological polar surface area (TPSA) is 72.5 Å². The Balaban J connectivity index is 2.68. The molecule has 0 radical (unpaired) electrons. The van der Waals surface area contributed by atoms with E-state index in [1.807, 2.05) is 6.92 Å². The van der Waals surface area contributed by atoms with Gasteiger partial charge in [0.05, 0.1) is 5.92 Å². The smallest absolute Gasteiger partial charge is 0.348 e. The van der Waals surface area contributed by atoms with E-state index in [9.17, 15) is 9.67 Å². The van der Waals surface area contributed by atoms with Crippen LogP contribution in [0.5, 0.6) is 0 Å². The largest absolute Gasteiger partial charge is 0.540 e. The first-order chi connectivity index (χ1) is 9.10. The van der Waals surface area contributed by atoms with Crippen LogP contribution in [-0.2, 0) is 9.09 Å². The molecule has 0 heterocycles. The molecule has 3 unspecified atom stereocenters. The summed E-state index contributed by atoms with van der Waals surface area (Å²) in [5.41, 5.74) is 6.47. The fourth-order valence-corrected chi connectivity index (χ4v) is 2.84. The number of unbranched alkanes of at least 4 members (excludes halogenated alkanes) is 1. The van der Waals surface area contributed by atoms with Gasteiger partial charge in [-0.1, -0.05) is 37.1 Å². The van der Waals surface area contributed by atoms with Crippen molar-refractivity contribution in [1.82, 2.24) is 0 Å². The van der Waals surface area contributed by atoms with Crippen LogP contribution in [-0.4, -0.2) is 24.1 Å². The van der Waals surface area contributed by atoms with E-state index in [0.717, 1.165) is 18.4 Å². The summed E-state index contributed by atoms with van der Waals surface area (Å²) in [4.78, 5) is 0. The van der Waals surface area contributed by atoms with Crippen molar-refractivity contribution in [1.29, 1.82) is 0 Å². The Labute approximate surface area is 119 Å². The fraction of sp³-hybridized carbons (Fsp3) is 0.538. The molecule has 106 valence electrons. The maximum Gasteiger partial charge on any atom is 0.540 e. The number of benzene rings is 1. The summed E-state index contributed by atoms with van der Waals surface area (Å²) >= 11 is 5.81. The molecule has 4 nitrogen and oxygen atoms in total. The number of nitrogens with two attached hydrogens (primary N) is 1. The lowest BCUT2D eigenvalue weighted by Crippen LogP contribution is -2.23. The van der Waals surface area contributed by atoms with Gasteiger partial charge in [0.1, 0.15) is 6.61 Å². The summed E-state index contributed by atoms with van der Waals surface area (Å²) in [7, 11) is -2.14. The second-order valence-electron chi connectivity index (χ2n) is 4.28. The van der Waals surface area contributed by atoms with Crippen molar-refractivity contribution in [2.24, 2.45) is 5.73 Å². The Bertz CT molecular complexity index is 399. The third-order valence-corrected chi connectivity index (χ3v) is 4.33. The first-order valence-electron chi connectivity index (χ1n) is 6.33. The quantitative estimate of drug-likeness (QED) is 0.571. The lowest BCUT2D eigenvalue weighted by atomic mass is 10.0. The van der Waals surface area contributed by atoms with Gasteiger partial charge in [0, 0.05) is 11.6 Å². The highest BCUT2D eigenvalue weighted by Crippen LogP contribution is 2.37. The van der Waals surface area contributed by atoms with Crippen LogP contribution in [0.4, 0.5) is 0 Å². The van der Waals surface area contributed by atoms with Crippen LogP contribution >= 0.6 is 19.6 Å². The predicted octanol–water partition coefficient (Wildman–Crippen LogP) is 3.26. The standard InChI is InChI=1S/C13H20ClNO3P/c1-2-3-8-18-19(17)13(16)12(9-15)10-4-6-11(14)7-5-10/h4-7,12-13,16H,2-3,8-9,15H2,1H3/q+1. The van der Waals surface area contributed by atoms with E-state index < -0.39 is 19.8 Å². The molecule has 0 saturated carbocycles. The molecule has 3 atom stereocenters. The Morgan fingerprint density at radius 1 is 1.42 bits per heavy atom. The summed E-state index contributed by atoms with van der Waals surface area (Å²) in [5.74, 6) is -1.51. The Morgan fingerprint density at radius 2 is 2.05 bits per heavy atom. The van der Waals surface area contributed by atoms with Gasteiger partial charge >= 0.3 is 8.03 Å². The van der Waals surface area contributed by atoms with Crippen LogP contribution in [0.1, 0.15) is 31.2 Å². The molecule has 3 N–H and O–H groups in total. The molecule has 1 aromatic rings. The van der Waals surface area contributed by atoms with Gasteiger partial charge < -0.3 is 10.8 Å². The molecule has 19 heavy (non-hydrogen) atoms. The van der Waals surface area contributed by atoms with E-state index in [0.29, 0.717) is 11.6 Å². The number of aliphatic hydroxyl groups excluding tert-OH is 1. The third-order valence-electron chi connectivity index (χ3n) is 2.84. The second kappa shape index (κ2) is 8.62. The molecule has 0 fully saturated rings. The minimum absolute atomic E-state index is 0.195. The Morgan fingerprint density at radius 3 is 2.58 bits per heavy atom. The van der Waals surface area contributed by atoms with Gasteiger partial charge in [0.15, 0.2) is 0 Å². The van der Waals surface area contributed by atoms with Crippen molar-refractivity contribution in [3.8, 4) is 0 Å². The van der Waals surface area contributed by atoms with Crippen LogP contribution in [0.25, 0.3) is 0 Å². The zero-order valence-electron chi connectivity index (χ0n) is 11.0. The van der Waals surface area contributed by atoms with Gasteiger partial charge in [-0.3, -0.25) is 0 Å². The van der Waals surface area contributed by atoms with Crippen LogP contribution in [0.15, 0.2) is 24.3 Å². The van der Waals surface area contributed by atoms with Crippen molar-refractivity contribution in [2.75, 3.05) is 13.2 Å². The lowest BCUT2D eigenvalue weighted by Gasteiger charge is -2.14. The zero-order valence-corrected chi connectivity index (χ0v) is 12.6. The highest BCUT2D eigenvalue weighted by atomic mass is 35.5. The molecule has 0 aliphatic rings. The van der Waals surface area contributed by atoms with E-state index in [2.05, 4.69) is 0 Å². The van der Waals surface area contributed by atoms with E-state index in [-0.39, 0.29) is 6.54 Å². The predicted molar refractivity (Wildman–Crippen MR) is 77.7 cm³/mol. The molecule has 6 heteroatoms. The average Bonchev–Trinajstić information content (AvgIpc) is 2.41. The second-order valence-corrected chi connectivity index (χ2v) is 6.07. The van der Waals surface area contributed by atoms with Gasteiger partial charge in [-0.2, -0.15) is 0 Å². The number of aliphatic hydroxyl groups is 1. The van der Waals surface area contributed by atoms with Crippen molar-refractivity contribution >= 4 is 19.6 Å². The molecule has 0 aromatic heterocycles. The fourth-order valence-electron chi connectivity index (χ4n) is 1.66. The van der Waals surface area contributed by atoms with Gasteiger partial charge in [-0.05, 0) is 28.7 Å². The highest BCUT2D eigenvalue weighted by molar-refractivity contribution is 7.39. The first kappa shape index (κ1) is 16.5. The van der Waals surface area contributed by atoms with E-state index in [4.69, 9.17) is 21.9 Å². The first-order valence-corrected chi connectivity index (χ1v) is 7.95. The van der Waals surface area contributed by atoms with Gasteiger partial charge in [0.2, 0.25) is 0 Å². The summed E-state index contributed by atoms with van der Waals surface area (Å²) in [6.45, 7) is 2.60. The van der Waals surface area contributed by atoms with Crippen molar-refractivity contribution in [3.05, 3.63) is 34.9 Å². The molecule has 0 spiro atoms. The molecular weight excluding hydrogens is 285 g/mol. The number of rotatable bonds is 8. The number of hydrogen-bond acceptors (Lipinski definition) is 4. The normalized spacial score (nSPS) is 15.1. The van der Waals surface area contributed by atoms with Gasteiger partial charge in [-0.25, -0.2) is 0 Å². The Hall–Kier alpha value is -0.510. The summed E-state index contributed by atoms with van der Waals surface area (Å²) in [5, 5.41) is 10.7. The summed E-state index contributed by atoms with van der Waals surface area (Å²) in [6, 6.07) is 6.99. The van der Waals surface area contributed by atoms with Crippen LogP contribution < -0.4 is 5.73 Å². The van der Waals surface area contributed by atoms with Crippen molar-refractivity contribution in [3.63, 3.8) is 0 Å². The molecule has 0 bridgehead atoms. The van der Waals surface area contributed by atoms with E-state index in [1.165, 1.54) is 0 Å². The van der Waals surface area contributed by atoms with Crippen LogP contribution in [0.2, 0.25) is 5.02 Å². The monoisotopic (exact) mass is 304 g/mol. The summed E-state index contributed by atoms with van der Waals surface area (Å²) in [6.07, 6.45) is 1.78. The van der Waals surface area contributed by atoms with Gasteiger partial charge in [0.25, 0.3) is 5.85 Å². The van der Waals surface area contributed by atoms with E-state index in [1.54, 1.807) is 24.3 Å². The number of hydrogen-bond donors (Lipinski definition) is 2. The SMILES string of the molecule is CCCCO[P+](=O)C(O)C(CN)c1ccc(Cl)cc1. The lowest BCUT2D eigenvalue weighted by molar-refractivity contribution is 0.192. The number of halogens is 1. The zero-order chi connectivity index (χ0) is 14.3. The minimum atomic E-state index is -2.14. The van der Waals surface area contributed by atoms with Crippen LogP contribution in [0, 0.1) is 0 Å². The maximum absolute atomic E-state index is 11.9. The molecule has 1 rings (SSSR count). The molecule has 1 aromatic carbocycles. The van der Waals surface area contributed by atoms with Crippen molar-refractivity contribution in [2.45, 2.75) is 31.5 Å². The molecule has 0 saturated heterocycles. The van der Waals surface area contributed by atoms with Gasteiger partial charge in [-0.15, -0.1) is 4.52 Å². The third kappa shape index (κ3) is 5.17. The van der Waals surface area contributed by atoms with E-state index >= 15 is 0 Å². The average molecular weight is 305 g/mol. The highest BCUT2D eigenvalue weighted by Gasteiger charge is 2.38.